The summed E-state index contributed by atoms with van der Waals surface area (Å²) in [6.07, 6.45) is 6.52. The van der Waals surface area contributed by atoms with Crippen molar-refractivity contribution < 1.29 is 9.53 Å². The lowest BCUT2D eigenvalue weighted by atomic mass is 9.94. The fraction of sp³-hybridized carbons (Fsp3) is 0.292. The van der Waals surface area contributed by atoms with Crippen molar-refractivity contribution in [3.8, 4) is 0 Å². The molecular weight excluding hydrogens is 380 g/mol. The van der Waals surface area contributed by atoms with Gasteiger partial charge in [-0.1, -0.05) is 42.5 Å². The highest BCUT2D eigenvalue weighted by Gasteiger charge is 2.17. The Bertz CT molecular complexity index is 1010. The third-order valence-corrected chi connectivity index (χ3v) is 6.47. The molecule has 150 valence electrons. The first-order valence-corrected chi connectivity index (χ1v) is 11.1. The summed E-state index contributed by atoms with van der Waals surface area (Å²) < 4.78 is 4.95. The number of methoxy groups -OCH3 is 1. The number of ether oxygens (including phenoxy) is 1. The molecule has 3 aromatic rings. The number of aromatic nitrogens is 1. The molecule has 5 heteroatoms. The Labute approximate surface area is 175 Å². The molecule has 2 N–H and O–H groups in total. The first-order chi connectivity index (χ1) is 14.3. The number of hydrogen-bond donors (Lipinski definition) is 2. The lowest BCUT2D eigenvalue weighted by Gasteiger charge is -2.24. The van der Waals surface area contributed by atoms with Crippen molar-refractivity contribution >= 4 is 34.2 Å². The summed E-state index contributed by atoms with van der Waals surface area (Å²) in [5, 5.41) is 4.60. The number of rotatable bonds is 7. The van der Waals surface area contributed by atoms with Gasteiger partial charge in [-0.2, -0.15) is 11.8 Å². The predicted octanol–water partition coefficient (Wildman–Crippen LogP) is 5.02. The van der Waals surface area contributed by atoms with Crippen LogP contribution in [0.3, 0.4) is 0 Å². The molecule has 0 saturated heterocycles. The second-order valence-electron chi connectivity index (χ2n) is 7.28. The van der Waals surface area contributed by atoms with Crippen molar-refractivity contribution in [1.29, 1.82) is 0 Å². The monoisotopic (exact) mass is 406 g/mol. The van der Waals surface area contributed by atoms with E-state index >= 15 is 0 Å². The van der Waals surface area contributed by atoms with Crippen LogP contribution < -0.4 is 5.32 Å². The van der Waals surface area contributed by atoms with Crippen molar-refractivity contribution in [2.45, 2.75) is 24.6 Å². The second-order valence-corrected chi connectivity index (χ2v) is 8.38. The van der Waals surface area contributed by atoms with E-state index in [2.05, 4.69) is 46.7 Å². The van der Waals surface area contributed by atoms with E-state index in [1.165, 1.54) is 18.2 Å². The molecule has 0 saturated carbocycles. The molecule has 1 aliphatic rings. The number of aromatic amines is 1. The minimum atomic E-state index is -0.284. The van der Waals surface area contributed by atoms with Gasteiger partial charge >= 0.3 is 5.97 Å². The molecule has 29 heavy (non-hydrogen) atoms. The van der Waals surface area contributed by atoms with Crippen LogP contribution in [0.1, 0.15) is 34.3 Å². The van der Waals surface area contributed by atoms with Crippen molar-refractivity contribution in [1.82, 2.24) is 10.3 Å². The highest BCUT2D eigenvalue weighted by atomic mass is 32.2. The molecule has 0 aliphatic carbocycles. The Balaban J connectivity index is 1.33. The molecule has 0 amide bonds. The van der Waals surface area contributed by atoms with E-state index in [0.717, 1.165) is 47.4 Å². The number of benzene rings is 2. The Morgan fingerprint density at radius 3 is 2.86 bits per heavy atom. The van der Waals surface area contributed by atoms with Crippen molar-refractivity contribution in [3.63, 3.8) is 0 Å². The van der Waals surface area contributed by atoms with E-state index in [9.17, 15) is 4.79 Å². The number of hydrogen-bond acceptors (Lipinski definition) is 4. The lowest BCUT2D eigenvalue weighted by molar-refractivity contribution is 0.0603. The Morgan fingerprint density at radius 2 is 2.03 bits per heavy atom. The van der Waals surface area contributed by atoms with Crippen molar-refractivity contribution in [2.75, 3.05) is 19.4 Å². The number of thioether (sulfide) groups is 1. The lowest BCUT2D eigenvalue weighted by Crippen LogP contribution is -2.33. The molecule has 1 aliphatic heterocycles. The van der Waals surface area contributed by atoms with Gasteiger partial charge in [0, 0.05) is 35.4 Å². The Hall–Kier alpha value is -2.50. The van der Waals surface area contributed by atoms with Gasteiger partial charge in [0.05, 0.1) is 12.7 Å². The minimum absolute atomic E-state index is 0.284. The molecule has 0 radical (unpaired) electrons. The molecule has 2 heterocycles. The molecule has 1 aromatic heterocycles. The molecule has 1 unspecified atom stereocenters. The second kappa shape index (κ2) is 9.33. The van der Waals surface area contributed by atoms with Gasteiger partial charge in [-0.3, -0.25) is 0 Å². The van der Waals surface area contributed by atoms with E-state index in [-0.39, 0.29) is 5.97 Å². The summed E-state index contributed by atoms with van der Waals surface area (Å²) in [5.74, 6) is 1.67. The fourth-order valence-electron chi connectivity index (χ4n) is 3.92. The van der Waals surface area contributed by atoms with Crippen LogP contribution in [0.4, 0.5) is 0 Å². The molecule has 0 spiro atoms. The summed E-state index contributed by atoms with van der Waals surface area (Å²) >= 11 is 1.91. The van der Waals surface area contributed by atoms with Gasteiger partial charge in [-0.25, -0.2) is 4.79 Å². The van der Waals surface area contributed by atoms with Crippen molar-refractivity contribution in [2.24, 2.45) is 0 Å². The van der Waals surface area contributed by atoms with E-state index in [1.54, 1.807) is 0 Å². The maximum absolute atomic E-state index is 12.1. The summed E-state index contributed by atoms with van der Waals surface area (Å²) in [7, 11) is 1.43. The predicted molar refractivity (Wildman–Crippen MR) is 121 cm³/mol. The van der Waals surface area contributed by atoms with Gasteiger partial charge in [0.1, 0.15) is 0 Å². The minimum Gasteiger partial charge on any atom is -0.465 e. The van der Waals surface area contributed by atoms with Crippen LogP contribution in [-0.4, -0.2) is 36.4 Å². The smallest absolute Gasteiger partial charge is 0.338 e. The Morgan fingerprint density at radius 1 is 1.17 bits per heavy atom. The standard InChI is InChI=1S/C24H26N2O2S/c1-28-24(27)21-8-5-9-22-23(21)19(15-26-22)16-29-13-11-20-14-18(10-12-25-20)17-6-3-2-4-7-17/h2-10,15,20,25-26H,11-14,16H2,1H3. The zero-order valence-corrected chi connectivity index (χ0v) is 17.4. The number of nitrogens with one attached hydrogen (secondary N) is 2. The van der Waals surface area contributed by atoms with Crippen LogP contribution in [-0.2, 0) is 10.5 Å². The van der Waals surface area contributed by atoms with Gasteiger partial charge in [0.25, 0.3) is 0 Å². The summed E-state index contributed by atoms with van der Waals surface area (Å²) in [4.78, 5) is 15.4. The van der Waals surface area contributed by atoms with Gasteiger partial charge in [-0.15, -0.1) is 0 Å². The average molecular weight is 407 g/mol. The molecule has 1 atom stereocenters. The first-order valence-electron chi connectivity index (χ1n) is 9.99. The first kappa shape index (κ1) is 19.8. The van der Waals surface area contributed by atoms with E-state index in [1.807, 2.05) is 36.2 Å². The van der Waals surface area contributed by atoms with E-state index < -0.39 is 0 Å². The number of carbonyl (C=O) groups excluding carboxylic acids is 1. The van der Waals surface area contributed by atoms with E-state index in [0.29, 0.717) is 11.6 Å². The molecule has 0 fully saturated rings. The fourth-order valence-corrected chi connectivity index (χ4v) is 4.96. The maximum atomic E-state index is 12.1. The van der Waals surface area contributed by atoms with Crippen LogP contribution >= 0.6 is 11.8 Å². The van der Waals surface area contributed by atoms with Crippen LogP contribution in [0, 0.1) is 0 Å². The number of fused-ring (bicyclic) bond motifs is 1. The highest BCUT2D eigenvalue weighted by Crippen LogP contribution is 2.28. The van der Waals surface area contributed by atoms with Gasteiger partial charge < -0.3 is 15.0 Å². The zero-order chi connectivity index (χ0) is 20.1. The quantitative estimate of drug-likeness (QED) is 0.427. The molecule has 4 nitrogen and oxygen atoms in total. The summed E-state index contributed by atoms with van der Waals surface area (Å²) in [6, 6.07) is 16.9. The molecule has 0 bridgehead atoms. The third kappa shape index (κ3) is 4.57. The van der Waals surface area contributed by atoms with E-state index in [4.69, 9.17) is 4.74 Å². The third-order valence-electron chi connectivity index (χ3n) is 5.43. The Kier molecular flexibility index (Phi) is 6.37. The SMILES string of the molecule is COC(=O)c1cccc2[nH]cc(CSCCC3CC(c4ccccc4)=CCN3)c12. The normalized spacial score (nSPS) is 16.6. The van der Waals surface area contributed by atoms with Crippen LogP contribution in [0.15, 0.2) is 60.8 Å². The topological polar surface area (TPSA) is 54.1 Å². The zero-order valence-electron chi connectivity index (χ0n) is 16.6. The van der Waals surface area contributed by atoms with Crippen LogP contribution in [0.2, 0.25) is 0 Å². The number of esters is 1. The molecular formula is C24H26N2O2S. The van der Waals surface area contributed by atoms with Gasteiger partial charge in [0.15, 0.2) is 0 Å². The number of H-pyrrole nitrogens is 1. The van der Waals surface area contributed by atoms with Crippen LogP contribution in [0.25, 0.3) is 16.5 Å². The van der Waals surface area contributed by atoms with Gasteiger partial charge in [-0.05, 0) is 47.4 Å². The molecule has 2 aromatic carbocycles. The largest absolute Gasteiger partial charge is 0.465 e. The number of carbonyl (C=O) groups is 1. The van der Waals surface area contributed by atoms with Crippen molar-refractivity contribution in [3.05, 3.63) is 77.5 Å². The van der Waals surface area contributed by atoms with Gasteiger partial charge in [0.2, 0.25) is 0 Å². The highest BCUT2D eigenvalue weighted by molar-refractivity contribution is 7.98. The maximum Gasteiger partial charge on any atom is 0.338 e. The summed E-state index contributed by atoms with van der Waals surface area (Å²) in [5.41, 5.74) is 5.55. The molecule has 4 rings (SSSR count). The van der Waals surface area contributed by atoms with Crippen LogP contribution in [0.5, 0.6) is 0 Å². The summed E-state index contributed by atoms with van der Waals surface area (Å²) in [6.45, 7) is 0.935. The average Bonchev–Trinajstić information content (AvgIpc) is 3.20.